The van der Waals surface area contributed by atoms with Crippen LogP contribution in [0.3, 0.4) is 0 Å². The van der Waals surface area contributed by atoms with Crippen molar-refractivity contribution in [2.45, 2.75) is 110 Å². The average molecular weight is 609 g/mol. The Morgan fingerprint density at radius 1 is 0.533 bits per heavy atom. The number of carbonyl (C=O) groups excluding carboxylic acids is 1. The standard InChI is InChI=1S/C42H56O3/c1-36(2)38-27-31-41(32-28-38)45-35-21-16-14-12-10-8-6-4-3-5-7-9-11-13-15-20-34-44-40-29-24-37(25-30-40)26-33-42(43)39-22-18-17-19-23-39/h17-19,22-33H,1,3-16,20-21,34-35H2,2H3/b33-26+. The van der Waals surface area contributed by atoms with Gasteiger partial charge in [-0.3, -0.25) is 4.79 Å². The fraction of sp³-hybridized carbons (Fsp3) is 0.452. The summed E-state index contributed by atoms with van der Waals surface area (Å²) in [5.74, 6) is 1.87. The van der Waals surface area contributed by atoms with E-state index in [9.17, 15) is 4.79 Å². The molecule has 0 spiro atoms. The largest absolute Gasteiger partial charge is 0.494 e. The quantitative estimate of drug-likeness (QED) is 0.0545. The van der Waals surface area contributed by atoms with Crippen molar-refractivity contribution >= 4 is 17.4 Å². The SMILES string of the molecule is C=C(C)c1ccc(OCCCCCCCCCCCCCCCCCCOc2ccc(/C=C/C(=O)c3ccccc3)cc2)cc1. The van der Waals surface area contributed by atoms with Gasteiger partial charge >= 0.3 is 0 Å². The smallest absolute Gasteiger partial charge is 0.185 e. The molecule has 0 aliphatic rings. The molecule has 0 unspecified atom stereocenters. The highest BCUT2D eigenvalue weighted by Gasteiger charge is 2.01. The third-order valence-corrected chi connectivity index (χ3v) is 8.29. The highest BCUT2D eigenvalue weighted by atomic mass is 16.5. The highest BCUT2D eigenvalue weighted by molar-refractivity contribution is 6.06. The second-order valence-corrected chi connectivity index (χ2v) is 12.3. The van der Waals surface area contributed by atoms with Crippen molar-refractivity contribution in [3.8, 4) is 11.5 Å². The van der Waals surface area contributed by atoms with Crippen molar-refractivity contribution in [3.05, 3.63) is 108 Å². The van der Waals surface area contributed by atoms with Crippen LogP contribution < -0.4 is 9.47 Å². The van der Waals surface area contributed by atoms with Crippen LogP contribution in [0.25, 0.3) is 11.6 Å². The van der Waals surface area contributed by atoms with E-state index in [4.69, 9.17) is 9.47 Å². The van der Waals surface area contributed by atoms with E-state index in [-0.39, 0.29) is 5.78 Å². The van der Waals surface area contributed by atoms with Crippen molar-refractivity contribution in [3.63, 3.8) is 0 Å². The van der Waals surface area contributed by atoms with Crippen LogP contribution in [0.2, 0.25) is 0 Å². The second-order valence-electron chi connectivity index (χ2n) is 12.3. The number of rotatable bonds is 25. The van der Waals surface area contributed by atoms with Crippen LogP contribution in [0.5, 0.6) is 11.5 Å². The minimum Gasteiger partial charge on any atom is -0.494 e. The fourth-order valence-electron chi connectivity index (χ4n) is 5.44. The van der Waals surface area contributed by atoms with Crippen molar-refractivity contribution < 1.29 is 14.3 Å². The van der Waals surface area contributed by atoms with Crippen LogP contribution in [0, 0.1) is 0 Å². The lowest BCUT2D eigenvalue weighted by atomic mass is 10.0. The average Bonchev–Trinajstić information content (AvgIpc) is 3.07. The number of benzene rings is 3. The molecule has 3 nitrogen and oxygen atoms in total. The maximum Gasteiger partial charge on any atom is 0.185 e. The molecule has 0 fully saturated rings. The number of unbranched alkanes of at least 4 members (excludes halogenated alkanes) is 15. The van der Waals surface area contributed by atoms with Gasteiger partial charge in [-0.25, -0.2) is 0 Å². The molecule has 0 amide bonds. The van der Waals surface area contributed by atoms with E-state index in [0.717, 1.165) is 48.7 Å². The molecule has 0 aliphatic heterocycles. The first-order valence-electron chi connectivity index (χ1n) is 17.5. The molecule has 0 saturated carbocycles. The first-order valence-corrected chi connectivity index (χ1v) is 17.5. The number of hydrogen-bond acceptors (Lipinski definition) is 3. The monoisotopic (exact) mass is 608 g/mol. The Kier molecular flexibility index (Phi) is 18.2. The van der Waals surface area contributed by atoms with Crippen LogP contribution in [-0.4, -0.2) is 19.0 Å². The molecule has 45 heavy (non-hydrogen) atoms. The summed E-state index contributed by atoms with van der Waals surface area (Å²) in [7, 11) is 0. The number of carbonyl (C=O) groups is 1. The van der Waals surface area contributed by atoms with Gasteiger partial charge in [-0.1, -0.05) is 163 Å². The van der Waals surface area contributed by atoms with Gasteiger partial charge in [0, 0.05) is 5.56 Å². The van der Waals surface area contributed by atoms with Gasteiger partial charge in [0.1, 0.15) is 11.5 Å². The van der Waals surface area contributed by atoms with Crippen LogP contribution in [0.4, 0.5) is 0 Å². The van der Waals surface area contributed by atoms with Crippen molar-refractivity contribution in [2.24, 2.45) is 0 Å². The minimum atomic E-state index is 0.0178. The summed E-state index contributed by atoms with van der Waals surface area (Å²) in [5.41, 5.74) is 3.97. The number of ketones is 1. The normalized spacial score (nSPS) is 11.1. The zero-order chi connectivity index (χ0) is 31.8. The first kappa shape index (κ1) is 35.9. The Labute approximate surface area is 273 Å². The van der Waals surface area contributed by atoms with Crippen LogP contribution in [0.1, 0.15) is 131 Å². The zero-order valence-corrected chi connectivity index (χ0v) is 27.8. The molecule has 0 atom stereocenters. The minimum absolute atomic E-state index is 0.0178. The summed E-state index contributed by atoms with van der Waals surface area (Å²) in [5, 5.41) is 0. The van der Waals surface area contributed by atoms with E-state index < -0.39 is 0 Å². The van der Waals surface area contributed by atoms with Crippen LogP contribution in [-0.2, 0) is 0 Å². The molecule has 3 aromatic carbocycles. The summed E-state index contributed by atoms with van der Waals surface area (Å²) in [6.45, 7) is 7.59. The zero-order valence-electron chi connectivity index (χ0n) is 27.8. The van der Waals surface area contributed by atoms with E-state index in [1.54, 1.807) is 6.08 Å². The Bertz CT molecular complexity index is 1230. The Morgan fingerprint density at radius 2 is 0.933 bits per heavy atom. The predicted molar refractivity (Wildman–Crippen MR) is 192 cm³/mol. The van der Waals surface area contributed by atoms with Crippen molar-refractivity contribution in [2.75, 3.05) is 13.2 Å². The van der Waals surface area contributed by atoms with E-state index in [1.807, 2.05) is 79.7 Å². The lowest BCUT2D eigenvalue weighted by molar-refractivity contribution is 0.104. The maximum absolute atomic E-state index is 12.2. The maximum atomic E-state index is 12.2. The van der Waals surface area contributed by atoms with E-state index >= 15 is 0 Å². The van der Waals surface area contributed by atoms with Crippen LogP contribution in [0.15, 0.2) is 91.5 Å². The summed E-state index contributed by atoms with van der Waals surface area (Å²) in [6, 6.07) is 25.6. The lowest BCUT2D eigenvalue weighted by Gasteiger charge is -2.07. The van der Waals surface area contributed by atoms with Gasteiger partial charge in [-0.05, 0) is 61.2 Å². The highest BCUT2D eigenvalue weighted by Crippen LogP contribution is 2.19. The molecule has 0 N–H and O–H groups in total. The van der Waals surface area contributed by atoms with Gasteiger partial charge in [0.2, 0.25) is 0 Å². The van der Waals surface area contributed by atoms with Gasteiger partial charge in [0.15, 0.2) is 5.78 Å². The van der Waals surface area contributed by atoms with E-state index in [0.29, 0.717) is 5.56 Å². The third kappa shape index (κ3) is 16.3. The van der Waals surface area contributed by atoms with Crippen molar-refractivity contribution in [1.29, 1.82) is 0 Å². The van der Waals surface area contributed by atoms with E-state index in [2.05, 4.69) is 18.7 Å². The predicted octanol–water partition coefficient (Wildman–Crippen LogP) is 12.3. The molecule has 3 aromatic rings. The molecule has 3 heteroatoms. The number of hydrogen-bond donors (Lipinski definition) is 0. The van der Waals surface area contributed by atoms with Crippen molar-refractivity contribution in [1.82, 2.24) is 0 Å². The Morgan fingerprint density at radius 3 is 1.36 bits per heavy atom. The topological polar surface area (TPSA) is 35.5 Å². The van der Waals surface area contributed by atoms with Gasteiger partial charge in [-0.2, -0.15) is 0 Å². The third-order valence-electron chi connectivity index (χ3n) is 8.29. The fourth-order valence-corrected chi connectivity index (χ4v) is 5.44. The van der Waals surface area contributed by atoms with Gasteiger partial charge in [0.25, 0.3) is 0 Å². The van der Waals surface area contributed by atoms with E-state index in [1.165, 1.54) is 95.5 Å². The molecular formula is C42H56O3. The Hall–Kier alpha value is -3.59. The molecule has 0 saturated heterocycles. The van der Waals surface area contributed by atoms with Gasteiger partial charge in [-0.15, -0.1) is 0 Å². The molecule has 0 aliphatic carbocycles. The van der Waals surface area contributed by atoms with Gasteiger partial charge < -0.3 is 9.47 Å². The summed E-state index contributed by atoms with van der Waals surface area (Å²) < 4.78 is 11.8. The first-order chi connectivity index (χ1) is 22.1. The molecule has 0 radical (unpaired) electrons. The summed E-state index contributed by atoms with van der Waals surface area (Å²) >= 11 is 0. The van der Waals surface area contributed by atoms with Crippen LogP contribution >= 0.6 is 0 Å². The Balaban J connectivity index is 1.03. The van der Waals surface area contributed by atoms with Gasteiger partial charge in [0.05, 0.1) is 13.2 Å². The second kappa shape index (κ2) is 22.8. The summed E-state index contributed by atoms with van der Waals surface area (Å²) in [4.78, 5) is 12.2. The molecule has 242 valence electrons. The molecular weight excluding hydrogens is 552 g/mol. The molecule has 0 aromatic heterocycles. The molecule has 0 heterocycles. The number of ether oxygens (including phenoxy) is 2. The lowest BCUT2D eigenvalue weighted by Crippen LogP contribution is -1.97. The number of allylic oxidation sites excluding steroid dienone is 2. The molecule has 3 rings (SSSR count). The summed E-state index contributed by atoms with van der Waals surface area (Å²) in [6.07, 6.45) is 24.7. The molecule has 0 bridgehead atoms.